The van der Waals surface area contributed by atoms with Crippen LogP contribution in [0.2, 0.25) is 0 Å². The van der Waals surface area contributed by atoms with E-state index in [1.807, 2.05) is 32.0 Å². The molecule has 19 heavy (non-hydrogen) atoms. The third kappa shape index (κ3) is 3.08. The summed E-state index contributed by atoms with van der Waals surface area (Å²) in [5.74, 6) is 1.55. The molecule has 0 fully saturated rings. The van der Waals surface area contributed by atoms with Crippen molar-refractivity contribution in [3.63, 3.8) is 0 Å². The van der Waals surface area contributed by atoms with E-state index < -0.39 is 0 Å². The first-order chi connectivity index (χ1) is 9.11. The Balaban J connectivity index is 2.15. The van der Waals surface area contributed by atoms with Gasteiger partial charge in [-0.1, -0.05) is 24.4 Å². The molecule has 1 aromatic heterocycles. The maximum Gasteiger partial charge on any atom is 0.164 e. The van der Waals surface area contributed by atoms with Gasteiger partial charge in [0, 0.05) is 12.1 Å². The summed E-state index contributed by atoms with van der Waals surface area (Å²) in [5.41, 5.74) is 7.45. The lowest BCUT2D eigenvalue weighted by molar-refractivity contribution is 0.285. The van der Waals surface area contributed by atoms with Crippen molar-refractivity contribution in [2.45, 2.75) is 27.0 Å². The lowest BCUT2D eigenvalue weighted by Gasteiger charge is -2.10. The summed E-state index contributed by atoms with van der Waals surface area (Å²) in [4.78, 5) is 4.53. The van der Waals surface area contributed by atoms with Crippen LogP contribution in [0.4, 0.5) is 0 Å². The normalized spacial score (nSPS) is 10.4. The van der Waals surface area contributed by atoms with Crippen molar-refractivity contribution < 1.29 is 4.74 Å². The number of aromatic nitrogens is 3. The predicted molar refractivity (Wildman–Crippen MR) is 77.1 cm³/mol. The van der Waals surface area contributed by atoms with E-state index in [-0.39, 0.29) is 0 Å². The average molecular weight is 276 g/mol. The van der Waals surface area contributed by atoms with E-state index >= 15 is 0 Å². The molecule has 2 N–H and O–H groups in total. The zero-order valence-electron chi connectivity index (χ0n) is 11.0. The molecule has 0 saturated heterocycles. The quantitative estimate of drug-likeness (QED) is 0.844. The Labute approximate surface area is 117 Å². The summed E-state index contributed by atoms with van der Waals surface area (Å²) in [5, 5.41) is 4.10. The molecule has 0 aliphatic heterocycles. The number of nitrogens with two attached hydrogens (primary N) is 1. The molecule has 1 heterocycles. The fraction of sp³-hybridized carbons (Fsp3) is 0.308. The molecule has 0 atom stereocenters. The van der Waals surface area contributed by atoms with Gasteiger partial charge in [0.05, 0.1) is 0 Å². The molecule has 5 nitrogen and oxygen atoms in total. The Bertz CT molecular complexity index is 594. The van der Waals surface area contributed by atoms with Crippen LogP contribution in [0.15, 0.2) is 24.5 Å². The van der Waals surface area contributed by atoms with Crippen LogP contribution in [0.5, 0.6) is 5.75 Å². The van der Waals surface area contributed by atoms with Gasteiger partial charge in [-0.25, -0.2) is 9.67 Å². The van der Waals surface area contributed by atoms with E-state index in [0.717, 1.165) is 29.2 Å². The summed E-state index contributed by atoms with van der Waals surface area (Å²) in [6.07, 6.45) is 1.53. The van der Waals surface area contributed by atoms with Gasteiger partial charge in [-0.2, -0.15) is 5.10 Å². The van der Waals surface area contributed by atoms with Crippen molar-refractivity contribution in [3.8, 4) is 5.75 Å². The molecule has 0 bridgehead atoms. The van der Waals surface area contributed by atoms with Crippen molar-refractivity contribution in [1.82, 2.24) is 14.8 Å². The second kappa shape index (κ2) is 5.79. The van der Waals surface area contributed by atoms with Crippen LogP contribution in [0.25, 0.3) is 0 Å². The standard InChI is InChI=1S/C13H16N4OS/c1-3-17-12(15-8-16-17)7-18-11-6-10(13(14)19)5-4-9(11)2/h4-6,8H,3,7H2,1-2H3,(H2,14,19). The van der Waals surface area contributed by atoms with E-state index in [0.29, 0.717) is 11.6 Å². The van der Waals surface area contributed by atoms with Gasteiger partial charge in [-0.15, -0.1) is 0 Å². The lowest BCUT2D eigenvalue weighted by Crippen LogP contribution is -2.11. The molecule has 2 aromatic rings. The number of benzene rings is 1. The molecule has 1 aromatic carbocycles. The van der Waals surface area contributed by atoms with Gasteiger partial charge in [0.25, 0.3) is 0 Å². The van der Waals surface area contributed by atoms with Crippen molar-refractivity contribution >= 4 is 17.2 Å². The third-order valence-electron chi connectivity index (χ3n) is 2.82. The summed E-state index contributed by atoms with van der Waals surface area (Å²) < 4.78 is 7.57. The molecule has 0 radical (unpaired) electrons. The lowest BCUT2D eigenvalue weighted by atomic mass is 10.1. The first kappa shape index (κ1) is 13.5. The Hall–Kier alpha value is -1.95. The topological polar surface area (TPSA) is 66.0 Å². The van der Waals surface area contributed by atoms with E-state index in [1.165, 1.54) is 6.33 Å². The summed E-state index contributed by atoms with van der Waals surface area (Å²) in [6.45, 7) is 5.13. The number of ether oxygens (including phenoxy) is 1. The monoisotopic (exact) mass is 276 g/mol. The number of rotatable bonds is 5. The Kier molecular flexibility index (Phi) is 4.11. The van der Waals surface area contributed by atoms with Gasteiger partial charge in [-0.3, -0.25) is 0 Å². The van der Waals surface area contributed by atoms with Gasteiger partial charge in [0.15, 0.2) is 5.82 Å². The van der Waals surface area contributed by atoms with E-state index in [9.17, 15) is 0 Å². The highest BCUT2D eigenvalue weighted by Crippen LogP contribution is 2.20. The highest BCUT2D eigenvalue weighted by Gasteiger charge is 2.07. The minimum Gasteiger partial charge on any atom is -0.485 e. The maximum absolute atomic E-state index is 5.78. The van der Waals surface area contributed by atoms with Gasteiger partial charge in [0.1, 0.15) is 23.7 Å². The first-order valence-corrected chi connectivity index (χ1v) is 6.42. The number of aryl methyl sites for hydroxylation is 2. The van der Waals surface area contributed by atoms with Crippen LogP contribution in [-0.2, 0) is 13.2 Å². The largest absolute Gasteiger partial charge is 0.485 e. The van der Waals surface area contributed by atoms with Crippen molar-refractivity contribution in [2.75, 3.05) is 0 Å². The molecular formula is C13H16N4OS. The van der Waals surface area contributed by atoms with Crippen LogP contribution in [0.3, 0.4) is 0 Å². The second-order valence-corrected chi connectivity index (χ2v) is 4.57. The van der Waals surface area contributed by atoms with Crippen LogP contribution in [0, 0.1) is 6.92 Å². The van der Waals surface area contributed by atoms with Crippen LogP contribution in [-0.4, -0.2) is 19.8 Å². The molecule has 0 aliphatic carbocycles. The molecule has 2 rings (SSSR count). The highest BCUT2D eigenvalue weighted by atomic mass is 32.1. The predicted octanol–water partition coefficient (Wildman–Crippen LogP) is 1.82. The zero-order chi connectivity index (χ0) is 13.8. The second-order valence-electron chi connectivity index (χ2n) is 4.13. The molecule has 6 heteroatoms. The van der Waals surface area contributed by atoms with Gasteiger partial charge in [-0.05, 0) is 25.5 Å². The zero-order valence-corrected chi connectivity index (χ0v) is 11.8. The summed E-state index contributed by atoms with van der Waals surface area (Å²) in [7, 11) is 0. The summed E-state index contributed by atoms with van der Waals surface area (Å²) in [6, 6.07) is 5.68. The molecule has 0 unspecified atom stereocenters. The Morgan fingerprint density at radius 3 is 2.95 bits per heavy atom. The summed E-state index contributed by atoms with van der Waals surface area (Å²) >= 11 is 4.96. The number of thiocarbonyl (C=S) groups is 1. The number of nitrogens with zero attached hydrogens (tertiary/aromatic N) is 3. The fourth-order valence-corrected chi connectivity index (χ4v) is 1.84. The van der Waals surface area contributed by atoms with E-state index in [4.69, 9.17) is 22.7 Å². The van der Waals surface area contributed by atoms with Crippen molar-refractivity contribution in [3.05, 3.63) is 41.5 Å². The SMILES string of the molecule is CCn1ncnc1COc1cc(C(N)=S)ccc1C. The minimum atomic E-state index is 0.363. The van der Waals surface area contributed by atoms with E-state index in [1.54, 1.807) is 4.68 Å². The third-order valence-corrected chi connectivity index (χ3v) is 3.06. The number of hydrogen-bond acceptors (Lipinski definition) is 4. The van der Waals surface area contributed by atoms with Crippen LogP contribution < -0.4 is 10.5 Å². The first-order valence-electron chi connectivity index (χ1n) is 6.01. The molecule has 0 saturated carbocycles. The Morgan fingerprint density at radius 1 is 1.47 bits per heavy atom. The van der Waals surface area contributed by atoms with Crippen molar-refractivity contribution in [1.29, 1.82) is 0 Å². The van der Waals surface area contributed by atoms with E-state index in [2.05, 4.69) is 10.1 Å². The fourth-order valence-electron chi connectivity index (χ4n) is 1.72. The highest BCUT2D eigenvalue weighted by molar-refractivity contribution is 7.80. The van der Waals surface area contributed by atoms with Crippen LogP contribution >= 0.6 is 12.2 Å². The minimum absolute atomic E-state index is 0.363. The molecule has 0 spiro atoms. The average Bonchev–Trinajstić information content (AvgIpc) is 2.85. The van der Waals surface area contributed by atoms with Gasteiger partial charge in [0.2, 0.25) is 0 Å². The van der Waals surface area contributed by atoms with Crippen molar-refractivity contribution in [2.24, 2.45) is 5.73 Å². The molecular weight excluding hydrogens is 260 g/mol. The molecule has 0 aliphatic rings. The molecule has 0 amide bonds. The van der Waals surface area contributed by atoms with Gasteiger partial charge < -0.3 is 10.5 Å². The van der Waals surface area contributed by atoms with Gasteiger partial charge >= 0.3 is 0 Å². The smallest absolute Gasteiger partial charge is 0.164 e. The Morgan fingerprint density at radius 2 is 2.26 bits per heavy atom. The molecule has 100 valence electrons. The maximum atomic E-state index is 5.78. The number of hydrogen-bond donors (Lipinski definition) is 1. The van der Waals surface area contributed by atoms with Crippen LogP contribution in [0.1, 0.15) is 23.9 Å².